The summed E-state index contributed by atoms with van der Waals surface area (Å²) in [5.41, 5.74) is 4.47. The molecule has 9 nitrogen and oxygen atoms in total. The van der Waals surface area contributed by atoms with Gasteiger partial charge in [0.05, 0.1) is 0 Å². The minimum absolute atomic E-state index is 0.553. The summed E-state index contributed by atoms with van der Waals surface area (Å²) in [6.45, 7) is 10.7. The van der Waals surface area contributed by atoms with Gasteiger partial charge < -0.3 is 15.5 Å². The minimum Gasteiger partial charge on any atom is -0.369 e. The maximum Gasteiger partial charge on any atom is 0.247 e. The average Bonchev–Trinajstić information content (AvgIpc) is 3.21. The first kappa shape index (κ1) is 19.9. The van der Waals surface area contributed by atoms with Gasteiger partial charge in [0.2, 0.25) is 5.95 Å². The van der Waals surface area contributed by atoms with E-state index in [-0.39, 0.29) is 0 Å². The normalized spacial score (nSPS) is 17.5. The molecule has 4 heterocycles. The lowest BCUT2D eigenvalue weighted by Crippen LogP contribution is -2.61. The molecule has 0 saturated carbocycles. The smallest absolute Gasteiger partial charge is 0.247 e. The van der Waals surface area contributed by atoms with Crippen molar-refractivity contribution in [1.82, 2.24) is 34.9 Å². The van der Waals surface area contributed by atoms with Crippen molar-refractivity contribution < 1.29 is 0 Å². The van der Waals surface area contributed by atoms with Gasteiger partial charge in [0.25, 0.3) is 0 Å². The molecule has 0 radical (unpaired) electrons. The van der Waals surface area contributed by atoms with E-state index in [2.05, 4.69) is 65.6 Å². The molecule has 0 unspecified atom stereocenters. The van der Waals surface area contributed by atoms with E-state index in [1.165, 1.54) is 17.6 Å². The third-order valence-corrected chi connectivity index (χ3v) is 6.11. The number of nitrogens with zero attached hydrogens (tertiary/aromatic N) is 7. The quantitative estimate of drug-likeness (QED) is 0.625. The number of aromatic nitrogens is 5. The lowest BCUT2D eigenvalue weighted by atomic mass is 10.1. The summed E-state index contributed by atoms with van der Waals surface area (Å²) in [5.74, 6) is 1.26. The molecule has 9 heteroatoms. The van der Waals surface area contributed by atoms with Crippen molar-refractivity contribution in [2.75, 3.05) is 49.5 Å². The van der Waals surface area contributed by atoms with Gasteiger partial charge in [0, 0.05) is 68.4 Å². The van der Waals surface area contributed by atoms with Gasteiger partial charge >= 0.3 is 0 Å². The summed E-state index contributed by atoms with van der Waals surface area (Å²) >= 11 is 0. The second-order valence-corrected chi connectivity index (χ2v) is 8.23. The Bertz CT molecular complexity index is 1030. The Labute approximate surface area is 182 Å². The molecule has 0 aliphatic carbocycles. The molecule has 1 aromatic carbocycles. The van der Waals surface area contributed by atoms with Crippen LogP contribution >= 0.6 is 0 Å². The van der Waals surface area contributed by atoms with E-state index in [0.29, 0.717) is 11.8 Å². The summed E-state index contributed by atoms with van der Waals surface area (Å²) in [5, 5.41) is 11.3. The first-order valence-electron chi connectivity index (χ1n) is 11.0. The summed E-state index contributed by atoms with van der Waals surface area (Å²) in [7, 11) is 0. The van der Waals surface area contributed by atoms with Crippen LogP contribution in [0.15, 0.2) is 36.9 Å². The first-order chi connectivity index (χ1) is 15.2. The fourth-order valence-corrected chi connectivity index (χ4v) is 4.14. The second-order valence-electron chi connectivity index (χ2n) is 8.23. The number of aryl methyl sites for hydroxylation is 2. The van der Waals surface area contributed by atoms with Crippen molar-refractivity contribution in [2.24, 2.45) is 0 Å². The Morgan fingerprint density at radius 2 is 1.87 bits per heavy atom. The van der Waals surface area contributed by atoms with Crippen molar-refractivity contribution in [3.05, 3.63) is 48.2 Å². The van der Waals surface area contributed by atoms with Gasteiger partial charge in [-0.05, 0) is 37.1 Å². The predicted octanol–water partition coefficient (Wildman–Crippen LogP) is 1.77. The molecule has 0 atom stereocenters. The number of benzene rings is 1. The van der Waals surface area contributed by atoms with Crippen molar-refractivity contribution in [3.8, 4) is 5.82 Å². The van der Waals surface area contributed by atoms with Gasteiger partial charge in [-0.1, -0.05) is 6.92 Å². The molecule has 2 aromatic heterocycles. The monoisotopic (exact) mass is 419 g/mol. The molecule has 0 amide bonds. The highest BCUT2D eigenvalue weighted by molar-refractivity contribution is 5.64. The van der Waals surface area contributed by atoms with Gasteiger partial charge in [0.1, 0.15) is 12.7 Å². The summed E-state index contributed by atoms with van der Waals surface area (Å²) in [6.07, 6.45) is 4.19. The molecule has 3 aromatic rings. The zero-order chi connectivity index (χ0) is 21.2. The fourth-order valence-electron chi connectivity index (χ4n) is 4.14. The second kappa shape index (κ2) is 8.60. The Morgan fingerprint density at radius 3 is 2.58 bits per heavy atom. The topological polar surface area (TPSA) is 87.0 Å². The van der Waals surface area contributed by atoms with E-state index < -0.39 is 0 Å². The van der Waals surface area contributed by atoms with Gasteiger partial charge in [-0.15, -0.1) is 5.10 Å². The van der Waals surface area contributed by atoms with Crippen molar-refractivity contribution >= 4 is 17.3 Å². The van der Waals surface area contributed by atoms with Crippen LogP contribution in [0.3, 0.4) is 0 Å². The number of nitrogens with one attached hydrogen (secondary N) is 2. The Balaban J connectivity index is 1.31. The van der Waals surface area contributed by atoms with Crippen molar-refractivity contribution in [3.63, 3.8) is 0 Å². The van der Waals surface area contributed by atoms with Gasteiger partial charge in [0.15, 0.2) is 5.82 Å². The number of hydrogen-bond donors (Lipinski definition) is 2. The summed E-state index contributed by atoms with van der Waals surface area (Å²) < 4.78 is 1.66. The maximum absolute atomic E-state index is 4.54. The predicted molar refractivity (Wildman–Crippen MR) is 121 cm³/mol. The van der Waals surface area contributed by atoms with E-state index >= 15 is 0 Å². The molecule has 2 saturated heterocycles. The number of hydrogen-bond acceptors (Lipinski definition) is 8. The lowest BCUT2D eigenvalue weighted by Gasteiger charge is -2.44. The van der Waals surface area contributed by atoms with E-state index in [0.717, 1.165) is 63.1 Å². The SMILES string of the molecule is CCc1cc(Nc2ncn(-c3cc(C)ncn3)n2)cc(N2CCN(C3CNC3)CC2)c1. The lowest BCUT2D eigenvalue weighted by molar-refractivity contribution is 0.138. The standard InChI is InChI=1S/C22H29N9/c1-3-17-9-18(27-22-26-15-31(28-22)21-8-16(2)24-14-25-21)11-19(10-17)29-4-6-30(7-5-29)20-12-23-13-20/h8-11,14-15,20,23H,3-7,12-13H2,1-2H3,(H,27,28). The number of piperazine rings is 1. The third-order valence-electron chi connectivity index (χ3n) is 6.11. The van der Waals surface area contributed by atoms with Crippen LogP contribution in [0, 0.1) is 6.92 Å². The molecule has 0 spiro atoms. The molecular formula is C22H29N9. The zero-order valence-electron chi connectivity index (χ0n) is 18.1. The van der Waals surface area contributed by atoms with Crippen LogP contribution in [0.1, 0.15) is 18.2 Å². The third kappa shape index (κ3) is 4.38. The Hall–Kier alpha value is -3.04. The van der Waals surface area contributed by atoms with Gasteiger partial charge in [-0.3, -0.25) is 4.90 Å². The van der Waals surface area contributed by atoms with Crippen LogP contribution in [-0.2, 0) is 6.42 Å². The number of rotatable bonds is 6. The zero-order valence-corrected chi connectivity index (χ0v) is 18.1. The highest BCUT2D eigenvalue weighted by atomic mass is 15.4. The van der Waals surface area contributed by atoms with Crippen LogP contribution in [0.5, 0.6) is 0 Å². The van der Waals surface area contributed by atoms with Gasteiger partial charge in [-0.2, -0.15) is 4.98 Å². The van der Waals surface area contributed by atoms with Crippen LogP contribution in [-0.4, -0.2) is 74.9 Å². The number of anilines is 3. The van der Waals surface area contributed by atoms with Crippen LogP contribution in [0.2, 0.25) is 0 Å². The van der Waals surface area contributed by atoms with Crippen LogP contribution in [0.4, 0.5) is 17.3 Å². The Kier molecular flexibility index (Phi) is 5.52. The maximum atomic E-state index is 4.54. The van der Waals surface area contributed by atoms with Crippen LogP contribution < -0.4 is 15.5 Å². The molecule has 0 bridgehead atoms. The molecule has 31 heavy (non-hydrogen) atoms. The van der Waals surface area contributed by atoms with E-state index in [1.54, 1.807) is 11.0 Å². The summed E-state index contributed by atoms with van der Waals surface area (Å²) in [4.78, 5) is 17.9. The molecule has 2 fully saturated rings. The molecule has 2 aliphatic heterocycles. The fraction of sp³-hybridized carbons (Fsp3) is 0.455. The van der Waals surface area contributed by atoms with Crippen molar-refractivity contribution in [1.29, 1.82) is 0 Å². The molecule has 5 rings (SSSR count). The highest BCUT2D eigenvalue weighted by Gasteiger charge is 2.27. The van der Waals surface area contributed by atoms with Crippen molar-refractivity contribution in [2.45, 2.75) is 26.3 Å². The summed E-state index contributed by atoms with van der Waals surface area (Å²) in [6, 6.07) is 9.29. The molecule has 2 N–H and O–H groups in total. The van der Waals surface area contributed by atoms with Crippen LogP contribution in [0.25, 0.3) is 5.82 Å². The molecule has 2 aliphatic rings. The van der Waals surface area contributed by atoms with Gasteiger partial charge in [-0.25, -0.2) is 14.6 Å². The minimum atomic E-state index is 0.553. The largest absolute Gasteiger partial charge is 0.369 e. The molecule has 162 valence electrons. The average molecular weight is 420 g/mol. The van der Waals surface area contributed by atoms with E-state index in [9.17, 15) is 0 Å². The van der Waals surface area contributed by atoms with E-state index in [4.69, 9.17) is 0 Å². The highest BCUT2D eigenvalue weighted by Crippen LogP contribution is 2.26. The molecular weight excluding hydrogens is 390 g/mol. The first-order valence-corrected chi connectivity index (χ1v) is 11.0. The van der Waals surface area contributed by atoms with E-state index in [1.807, 2.05) is 13.0 Å². The Morgan fingerprint density at radius 1 is 1.03 bits per heavy atom.